The van der Waals surface area contributed by atoms with E-state index in [1.807, 2.05) is 0 Å². The average molecular weight is 163 g/mol. The van der Waals surface area contributed by atoms with Gasteiger partial charge in [-0.15, -0.1) is 0 Å². The van der Waals surface area contributed by atoms with Crippen LogP contribution in [0, 0.1) is 0 Å². The van der Waals surface area contributed by atoms with Crippen LogP contribution in [0.3, 0.4) is 0 Å². The molecule has 0 fully saturated rings. The van der Waals surface area contributed by atoms with Gasteiger partial charge in [0.05, 0.1) is 0 Å². The second-order valence-corrected chi connectivity index (χ2v) is 2.17. The molecule has 0 saturated carbocycles. The van der Waals surface area contributed by atoms with Gasteiger partial charge in [-0.3, -0.25) is 9.59 Å². The maximum atomic E-state index is 10.6. The predicted molar refractivity (Wildman–Crippen MR) is 44.3 cm³/mol. The third kappa shape index (κ3) is 1.82. The monoisotopic (exact) mass is 163 g/mol. The minimum Gasteiger partial charge on any atom is -0.366 e. The van der Waals surface area contributed by atoms with Crippen LogP contribution in [0.1, 0.15) is 10.4 Å². The molecule has 4 heteroatoms. The van der Waals surface area contributed by atoms with Crippen molar-refractivity contribution in [3.63, 3.8) is 0 Å². The molecule has 1 aromatic rings. The fourth-order valence-electron chi connectivity index (χ4n) is 0.777. The van der Waals surface area contributed by atoms with Crippen LogP contribution in [0.2, 0.25) is 0 Å². The number of anilines is 1. The molecule has 0 aliphatic rings. The fourth-order valence-corrected chi connectivity index (χ4v) is 0.777. The summed E-state index contributed by atoms with van der Waals surface area (Å²) in [6.45, 7) is 0. The Hall–Kier alpha value is -1.84. The predicted octanol–water partition coefficient (Wildman–Crippen LogP) is 0.265. The molecule has 0 heterocycles. The Balaban J connectivity index is 2.85. The number of nitrogens with one attached hydrogen (secondary N) is 1. The SMILES string of the molecule is NC(=O)c1ccc(N[C]=O)cc1. The van der Waals surface area contributed by atoms with Gasteiger partial charge in [-0.05, 0) is 24.3 Å². The summed E-state index contributed by atoms with van der Waals surface area (Å²) in [6, 6.07) is 6.21. The Morgan fingerprint density at radius 1 is 1.33 bits per heavy atom. The smallest absolute Gasteiger partial charge is 0.314 e. The molecular weight excluding hydrogens is 156 g/mol. The Bertz CT molecular complexity index is 292. The van der Waals surface area contributed by atoms with Gasteiger partial charge in [0, 0.05) is 11.3 Å². The summed E-state index contributed by atoms with van der Waals surface area (Å²) in [7, 11) is 0. The zero-order chi connectivity index (χ0) is 8.97. The van der Waals surface area contributed by atoms with Gasteiger partial charge in [-0.2, -0.15) is 0 Å². The van der Waals surface area contributed by atoms with E-state index in [9.17, 15) is 9.59 Å². The van der Waals surface area contributed by atoms with Crippen molar-refractivity contribution >= 4 is 18.0 Å². The third-order valence-electron chi connectivity index (χ3n) is 1.36. The van der Waals surface area contributed by atoms with Crippen molar-refractivity contribution in [1.82, 2.24) is 0 Å². The van der Waals surface area contributed by atoms with Crippen molar-refractivity contribution in [2.24, 2.45) is 5.73 Å². The summed E-state index contributed by atoms with van der Waals surface area (Å²) >= 11 is 0. The molecule has 61 valence electrons. The maximum absolute atomic E-state index is 10.6. The second kappa shape index (κ2) is 3.52. The first-order chi connectivity index (χ1) is 5.74. The first kappa shape index (κ1) is 8.26. The molecule has 2 amide bonds. The fraction of sp³-hybridized carbons (Fsp3) is 0. The topological polar surface area (TPSA) is 72.2 Å². The van der Waals surface area contributed by atoms with Crippen LogP contribution in [0.25, 0.3) is 0 Å². The lowest BCUT2D eigenvalue weighted by atomic mass is 10.2. The highest BCUT2D eigenvalue weighted by atomic mass is 16.1. The Morgan fingerprint density at radius 2 is 1.92 bits per heavy atom. The lowest BCUT2D eigenvalue weighted by molar-refractivity contribution is 0.100. The van der Waals surface area contributed by atoms with Crippen LogP contribution < -0.4 is 11.1 Å². The molecule has 3 N–H and O–H groups in total. The van der Waals surface area contributed by atoms with Crippen LogP contribution in [-0.4, -0.2) is 12.3 Å². The molecule has 0 atom stereocenters. The van der Waals surface area contributed by atoms with E-state index in [2.05, 4.69) is 5.32 Å². The number of carbonyl (C=O) groups is 1. The number of amides is 2. The average Bonchev–Trinajstić information content (AvgIpc) is 2.06. The number of carbonyl (C=O) groups excluding carboxylic acids is 2. The quantitative estimate of drug-likeness (QED) is 0.627. The molecule has 12 heavy (non-hydrogen) atoms. The van der Waals surface area contributed by atoms with Crippen LogP contribution in [0.5, 0.6) is 0 Å². The zero-order valence-electron chi connectivity index (χ0n) is 6.20. The lowest BCUT2D eigenvalue weighted by Gasteiger charge is -1.97. The highest BCUT2D eigenvalue weighted by molar-refractivity contribution is 5.93. The normalized spacial score (nSPS) is 9.00. The third-order valence-corrected chi connectivity index (χ3v) is 1.36. The van der Waals surface area contributed by atoms with E-state index in [0.717, 1.165) is 0 Å². The van der Waals surface area contributed by atoms with E-state index in [4.69, 9.17) is 5.73 Å². The summed E-state index contributed by atoms with van der Waals surface area (Å²) in [6.07, 6.45) is 1.52. The van der Waals surface area contributed by atoms with Gasteiger partial charge in [0.25, 0.3) is 0 Å². The molecule has 1 radical (unpaired) electrons. The van der Waals surface area contributed by atoms with Crippen LogP contribution in [0.4, 0.5) is 5.69 Å². The van der Waals surface area contributed by atoms with Gasteiger partial charge < -0.3 is 11.1 Å². The van der Waals surface area contributed by atoms with E-state index in [1.165, 1.54) is 18.5 Å². The highest BCUT2D eigenvalue weighted by Gasteiger charge is 1.98. The highest BCUT2D eigenvalue weighted by Crippen LogP contribution is 2.07. The summed E-state index contributed by atoms with van der Waals surface area (Å²) in [5, 5.41) is 2.32. The van der Waals surface area contributed by atoms with Crippen molar-refractivity contribution in [2.75, 3.05) is 5.32 Å². The summed E-state index contributed by atoms with van der Waals surface area (Å²) in [5.74, 6) is -0.489. The number of rotatable bonds is 3. The van der Waals surface area contributed by atoms with Gasteiger partial charge in [-0.1, -0.05) is 0 Å². The number of hydrogen-bond donors (Lipinski definition) is 2. The molecule has 1 rings (SSSR count). The number of benzene rings is 1. The van der Waals surface area contributed by atoms with Gasteiger partial charge >= 0.3 is 6.41 Å². The Labute approximate surface area is 69.4 Å². The van der Waals surface area contributed by atoms with Crippen molar-refractivity contribution < 1.29 is 9.59 Å². The van der Waals surface area contributed by atoms with Crippen molar-refractivity contribution in [1.29, 1.82) is 0 Å². The number of nitrogens with two attached hydrogens (primary N) is 1. The van der Waals surface area contributed by atoms with Crippen molar-refractivity contribution in [3.05, 3.63) is 29.8 Å². The molecule has 0 bridgehead atoms. The van der Waals surface area contributed by atoms with Gasteiger partial charge in [0.1, 0.15) is 0 Å². The standard InChI is InChI=1S/C8H7N2O2/c9-8(12)6-1-3-7(4-2-6)10-5-11/h1-4H,(H2,9,12)(H,10,11). The van der Waals surface area contributed by atoms with E-state index in [1.54, 1.807) is 12.1 Å². The van der Waals surface area contributed by atoms with Gasteiger partial charge in [0.2, 0.25) is 5.91 Å². The molecule has 0 saturated heterocycles. The molecule has 0 aromatic heterocycles. The molecule has 4 nitrogen and oxygen atoms in total. The lowest BCUT2D eigenvalue weighted by Crippen LogP contribution is -2.10. The van der Waals surface area contributed by atoms with Gasteiger partial charge in [-0.25, -0.2) is 0 Å². The Morgan fingerprint density at radius 3 is 2.33 bits per heavy atom. The first-order valence-electron chi connectivity index (χ1n) is 3.27. The molecule has 1 aromatic carbocycles. The number of hydrogen-bond acceptors (Lipinski definition) is 2. The summed E-state index contributed by atoms with van der Waals surface area (Å²) in [5.41, 5.74) is 5.99. The van der Waals surface area contributed by atoms with Crippen LogP contribution >= 0.6 is 0 Å². The van der Waals surface area contributed by atoms with E-state index in [0.29, 0.717) is 11.3 Å². The van der Waals surface area contributed by atoms with Crippen LogP contribution in [-0.2, 0) is 4.79 Å². The minimum atomic E-state index is -0.489. The summed E-state index contributed by atoms with van der Waals surface area (Å²) in [4.78, 5) is 20.5. The Kier molecular flexibility index (Phi) is 2.42. The largest absolute Gasteiger partial charge is 0.366 e. The van der Waals surface area contributed by atoms with Crippen molar-refractivity contribution in [2.45, 2.75) is 0 Å². The second-order valence-electron chi connectivity index (χ2n) is 2.17. The molecule has 0 unspecified atom stereocenters. The van der Waals surface area contributed by atoms with Crippen LogP contribution in [0.15, 0.2) is 24.3 Å². The van der Waals surface area contributed by atoms with E-state index in [-0.39, 0.29) is 0 Å². The first-order valence-corrected chi connectivity index (χ1v) is 3.27. The van der Waals surface area contributed by atoms with E-state index >= 15 is 0 Å². The minimum absolute atomic E-state index is 0.409. The summed E-state index contributed by atoms with van der Waals surface area (Å²) < 4.78 is 0. The molecule has 0 aliphatic carbocycles. The van der Waals surface area contributed by atoms with Gasteiger partial charge in [0.15, 0.2) is 0 Å². The molecular formula is C8H7N2O2. The zero-order valence-corrected chi connectivity index (χ0v) is 6.20. The van der Waals surface area contributed by atoms with Crippen molar-refractivity contribution in [3.8, 4) is 0 Å². The molecule has 0 spiro atoms. The maximum Gasteiger partial charge on any atom is 0.314 e. The number of primary amides is 1. The van der Waals surface area contributed by atoms with E-state index < -0.39 is 5.91 Å². The molecule has 0 aliphatic heterocycles.